The number of nitrogens with zero attached hydrogens (tertiary/aromatic N) is 2. The van der Waals surface area contributed by atoms with Gasteiger partial charge in [0.2, 0.25) is 5.91 Å². The summed E-state index contributed by atoms with van der Waals surface area (Å²) in [6.07, 6.45) is 3.61. The van der Waals surface area contributed by atoms with Gasteiger partial charge in [0.05, 0.1) is 23.8 Å². The van der Waals surface area contributed by atoms with Crippen LogP contribution in [0.3, 0.4) is 0 Å². The lowest BCUT2D eigenvalue weighted by molar-refractivity contribution is -0.121. The third-order valence-electron chi connectivity index (χ3n) is 4.47. The molecular weight excluding hydrogens is 306 g/mol. The maximum absolute atomic E-state index is 12.5. The number of fused-ring (bicyclic) bond motifs is 1. The van der Waals surface area contributed by atoms with Gasteiger partial charge in [0.25, 0.3) is 5.56 Å². The molecule has 1 fully saturated rings. The first-order valence-corrected chi connectivity index (χ1v) is 8.44. The van der Waals surface area contributed by atoms with Crippen LogP contribution in [-0.4, -0.2) is 35.2 Å². The van der Waals surface area contributed by atoms with E-state index in [4.69, 9.17) is 4.74 Å². The van der Waals surface area contributed by atoms with Gasteiger partial charge in [-0.05, 0) is 31.4 Å². The number of para-hydroxylation sites is 1. The molecule has 1 aromatic carbocycles. The summed E-state index contributed by atoms with van der Waals surface area (Å²) in [6, 6.07) is 5.61. The predicted molar refractivity (Wildman–Crippen MR) is 91.9 cm³/mol. The number of hydrogen-bond acceptors (Lipinski definition) is 4. The van der Waals surface area contributed by atoms with E-state index in [9.17, 15) is 9.59 Å². The van der Waals surface area contributed by atoms with Crippen LogP contribution in [0.4, 0.5) is 0 Å². The number of carbonyl (C=O) groups excluding carboxylic acids is 1. The van der Waals surface area contributed by atoms with Crippen molar-refractivity contribution in [3.05, 3.63) is 40.4 Å². The van der Waals surface area contributed by atoms with Crippen molar-refractivity contribution in [2.75, 3.05) is 19.8 Å². The SMILES string of the molecule is Cc1cccc2c(=O)n(CCCC(=O)NCC3CCOC3)cnc12. The van der Waals surface area contributed by atoms with Crippen molar-refractivity contribution in [2.24, 2.45) is 5.92 Å². The highest BCUT2D eigenvalue weighted by atomic mass is 16.5. The smallest absolute Gasteiger partial charge is 0.261 e. The van der Waals surface area contributed by atoms with E-state index in [1.165, 1.54) is 0 Å². The molecule has 0 bridgehead atoms. The van der Waals surface area contributed by atoms with Crippen LogP contribution in [-0.2, 0) is 16.1 Å². The summed E-state index contributed by atoms with van der Waals surface area (Å²) in [7, 11) is 0. The van der Waals surface area contributed by atoms with Crippen LogP contribution in [0.5, 0.6) is 0 Å². The molecule has 0 aliphatic carbocycles. The first kappa shape index (κ1) is 16.6. The number of aromatic nitrogens is 2. The molecule has 6 heteroatoms. The molecule has 1 aliphatic rings. The topological polar surface area (TPSA) is 73.2 Å². The minimum absolute atomic E-state index is 0.0274. The molecule has 1 unspecified atom stereocenters. The molecule has 0 radical (unpaired) electrons. The van der Waals surface area contributed by atoms with Gasteiger partial charge < -0.3 is 10.1 Å². The van der Waals surface area contributed by atoms with E-state index in [1.807, 2.05) is 19.1 Å². The van der Waals surface area contributed by atoms with Crippen molar-refractivity contribution >= 4 is 16.8 Å². The van der Waals surface area contributed by atoms with Crippen LogP contribution in [0.1, 0.15) is 24.8 Å². The Labute approximate surface area is 140 Å². The quantitative estimate of drug-likeness (QED) is 0.874. The van der Waals surface area contributed by atoms with Crippen molar-refractivity contribution in [1.82, 2.24) is 14.9 Å². The third kappa shape index (κ3) is 3.82. The van der Waals surface area contributed by atoms with E-state index in [2.05, 4.69) is 10.3 Å². The summed E-state index contributed by atoms with van der Waals surface area (Å²) in [5.41, 5.74) is 1.69. The molecule has 0 spiro atoms. The molecule has 1 saturated heterocycles. The third-order valence-corrected chi connectivity index (χ3v) is 4.47. The zero-order valence-corrected chi connectivity index (χ0v) is 14.0. The highest BCUT2D eigenvalue weighted by molar-refractivity contribution is 5.80. The Morgan fingerprint density at radius 1 is 1.46 bits per heavy atom. The minimum atomic E-state index is -0.0489. The van der Waals surface area contributed by atoms with E-state index >= 15 is 0 Å². The van der Waals surface area contributed by atoms with Crippen molar-refractivity contribution < 1.29 is 9.53 Å². The van der Waals surface area contributed by atoms with Crippen LogP contribution >= 0.6 is 0 Å². The maximum atomic E-state index is 12.5. The fraction of sp³-hybridized carbons (Fsp3) is 0.500. The Bertz CT molecular complexity index is 779. The summed E-state index contributed by atoms with van der Waals surface area (Å²) in [5, 5.41) is 3.57. The Morgan fingerprint density at radius 3 is 3.12 bits per heavy atom. The highest BCUT2D eigenvalue weighted by Gasteiger charge is 2.16. The molecule has 3 rings (SSSR count). The number of aryl methyl sites for hydroxylation is 2. The van der Waals surface area contributed by atoms with Crippen molar-refractivity contribution in [1.29, 1.82) is 0 Å². The molecule has 24 heavy (non-hydrogen) atoms. The highest BCUT2D eigenvalue weighted by Crippen LogP contribution is 2.12. The molecule has 1 aliphatic heterocycles. The van der Waals surface area contributed by atoms with E-state index < -0.39 is 0 Å². The number of benzene rings is 1. The van der Waals surface area contributed by atoms with Crippen molar-refractivity contribution in [3.8, 4) is 0 Å². The lowest BCUT2D eigenvalue weighted by Crippen LogP contribution is -2.29. The molecular formula is C18H23N3O3. The molecule has 1 aromatic heterocycles. The molecule has 1 atom stereocenters. The van der Waals surface area contributed by atoms with Gasteiger partial charge >= 0.3 is 0 Å². The second kappa shape index (κ2) is 7.57. The second-order valence-corrected chi connectivity index (χ2v) is 6.35. The maximum Gasteiger partial charge on any atom is 0.261 e. The molecule has 1 amide bonds. The van der Waals surface area contributed by atoms with Crippen LogP contribution in [0.2, 0.25) is 0 Å². The van der Waals surface area contributed by atoms with E-state index in [-0.39, 0.29) is 11.5 Å². The Kier molecular flexibility index (Phi) is 5.25. The van der Waals surface area contributed by atoms with Gasteiger partial charge in [-0.15, -0.1) is 0 Å². The number of rotatable bonds is 6. The average Bonchev–Trinajstić information content (AvgIpc) is 3.09. The predicted octanol–water partition coefficient (Wildman–Crippen LogP) is 1.64. The average molecular weight is 329 g/mol. The molecule has 128 valence electrons. The largest absolute Gasteiger partial charge is 0.381 e. The van der Waals surface area contributed by atoms with Gasteiger partial charge in [-0.1, -0.05) is 12.1 Å². The number of amides is 1. The van der Waals surface area contributed by atoms with Gasteiger partial charge in [0.15, 0.2) is 0 Å². The minimum Gasteiger partial charge on any atom is -0.381 e. The standard InChI is InChI=1S/C18H23N3O3/c1-13-4-2-5-15-17(13)20-12-21(18(15)23)8-3-6-16(22)19-10-14-7-9-24-11-14/h2,4-5,12,14H,3,6-11H2,1H3,(H,19,22). The summed E-state index contributed by atoms with van der Waals surface area (Å²) in [4.78, 5) is 28.7. The van der Waals surface area contributed by atoms with Crippen LogP contribution in [0.25, 0.3) is 10.9 Å². The monoisotopic (exact) mass is 329 g/mol. The summed E-state index contributed by atoms with van der Waals surface area (Å²) in [6.45, 7) is 4.64. The number of ether oxygens (including phenoxy) is 1. The Balaban J connectivity index is 1.53. The Hall–Kier alpha value is -2.21. The lowest BCUT2D eigenvalue weighted by Gasteiger charge is -2.10. The van der Waals surface area contributed by atoms with Crippen LogP contribution in [0.15, 0.2) is 29.3 Å². The zero-order valence-electron chi connectivity index (χ0n) is 14.0. The fourth-order valence-corrected chi connectivity index (χ4v) is 3.00. The van der Waals surface area contributed by atoms with E-state index in [0.29, 0.717) is 37.2 Å². The molecule has 1 N–H and O–H groups in total. The van der Waals surface area contributed by atoms with Gasteiger partial charge in [-0.2, -0.15) is 0 Å². The molecule has 6 nitrogen and oxygen atoms in total. The van der Waals surface area contributed by atoms with Gasteiger partial charge in [-0.3, -0.25) is 14.2 Å². The Morgan fingerprint density at radius 2 is 2.33 bits per heavy atom. The van der Waals surface area contributed by atoms with E-state index in [1.54, 1.807) is 17.0 Å². The van der Waals surface area contributed by atoms with Gasteiger partial charge in [-0.25, -0.2) is 4.98 Å². The number of nitrogens with one attached hydrogen (secondary N) is 1. The zero-order chi connectivity index (χ0) is 16.9. The van der Waals surface area contributed by atoms with Crippen LogP contribution < -0.4 is 10.9 Å². The fourth-order valence-electron chi connectivity index (χ4n) is 3.00. The number of hydrogen-bond donors (Lipinski definition) is 1. The van der Waals surface area contributed by atoms with Gasteiger partial charge in [0.1, 0.15) is 0 Å². The molecule has 2 heterocycles. The van der Waals surface area contributed by atoms with Crippen LogP contribution in [0, 0.1) is 12.8 Å². The second-order valence-electron chi connectivity index (χ2n) is 6.35. The first-order chi connectivity index (χ1) is 11.6. The first-order valence-electron chi connectivity index (χ1n) is 8.44. The van der Waals surface area contributed by atoms with Crippen molar-refractivity contribution in [2.45, 2.75) is 32.7 Å². The summed E-state index contributed by atoms with van der Waals surface area (Å²) < 4.78 is 6.87. The number of carbonyl (C=O) groups is 1. The normalized spacial score (nSPS) is 17.3. The van der Waals surface area contributed by atoms with Gasteiger partial charge in [0, 0.05) is 32.0 Å². The molecule has 0 saturated carbocycles. The summed E-state index contributed by atoms with van der Waals surface area (Å²) in [5.74, 6) is 0.462. The summed E-state index contributed by atoms with van der Waals surface area (Å²) >= 11 is 0. The lowest BCUT2D eigenvalue weighted by atomic mass is 10.1. The van der Waals surface area contributed by atoms with Crippen molar-refractivity contribution in [3.63, 3.8) is 0 Å². The molecule has 2 aromatic rings. The van der Waals surface area contributed by atoms with E-state index in [0.717, 1.165) is 30.7 Å².